The van der Waals surface area contributed by atoms with Gasteiger partial charge in [-0.25, -0.2) is 0 Å². The zero-order valence-corrected chi connectivity index (χ0v) is 13.1. The molecule has 1 aliphatic rings. The summed E-state index contributed by atoms with van der Waals surface area (Å²) in [5.41, 5.74) is 7.01. The Morgan fingerprint density at radius 3 is 2.43 bits per heavy atom. The lowest BCUT2D eigenvalue weighted by Gasteiger charge is -2.38. The summed E-state index contributed by atoms with van der Waals surface area (Å²) in [6.07, 6.45) is 3.35. The first kappa shape index (κ1) is 15.8. The van der Waals surface area contributed by atoms with E-state index in [0.29, 0.717) is 12.0 Å². The number of nitrogens with two attached hydrogens (primary N) is 1. The van der Waals surface area contributed by atoms with Gasteiger partial charge in [-0.05, 0) is 36.0 Å². The lowest BCUT2D eigenvalue weighted by molar-refractivity contribution is -0.135. The minimum Gasteiger partial charge on any atom is -0.484 e. The predicted molar refractivity (Wildman–Crippen MR) is 84.0 cm³/mol. The second-order valence-corrected chi connectivity index (χ2v) is 6.18. The summed E-state index contributed by atoms with van der Waals surface area (Å²) in [4.78, 5) is 14.1. The maximum absolute atomic E-state index is 12.2. The van der Waals surface area contributed by atoms with E-state index in [9.17, 15) is 4.79 Å². The van der Waals surface area contributed by atoms with Gasteiger partial charge in [-0.3, -0.25) is 4.79 Å². The molecule has 4 nitrogen and oxygen atoms in total. The van der Waals surface area contributed by atoms with E-state index in [4.69, 9.17) is 10.5 Å². The van der Waals surface area contributed by atoms with E-state index in [2.05, 4.69) is 13.8 Å². The Morgan fingerprint density at radius 1 is 1.29 bits per heavy atom. The summed E-state index contributed by atoms with van der Waals surface area (Å²) in [7, 11) is 0. The van der Waals surface area contributed by atoms with Crippen LogP contribution in [0, 0.1) is 5.41 Å². The molecule has 1 aliphatic heterocycles. The number of piperidine rings is 1. The van der Waals surface area contributed by atoms with Crippen molar-refractivity contribution in [2.75, 3.05) is 19.7 Å². The lowest BCUT2D eigenvalue weighted by atomic mass is 9.78. The van der Waals surface area contributed by atoms with Crippen LogP contribution in [0.5, 0.6) is 5.75 Å². The summed E-state index contributed by atoms with van der Waals surface area (Å²) < 4.78 is 5.57. The number of ether oxygens (including phenoxy) is 1. The zero-order valence-electron chi connectivity index (χ0n) is 13.1. The predicted octanol–water partition coefficient (Wildman–Crippen LogP) is 2.56. The number of hydrogen-bond donors (Lipinski definition) is 1. The van der Waals surface area contributed by atoms with Gasteiger partial charge >= 0.3 is 0 Å². The molecular weight excluding hydrogens is 264 g/mol. The van der Waals surface area contributed by atoms with E-state index in [-0.39, 0.29) is 12.5 Å². The molecule has 0 aliphatic carbocycles. The van der Waals surface area contributed by atoms with Crippen LogP contribution in [0.4, 0.5) is 0 Å². The molecule has 21 heavy (non-hydrogen) atoms. The molecule has 1 aromatic carbocycles. The van der Waals surface area contributed by atoms with E-state index < -0.39 is 0 Å². The smallest absolute Gasteiger partial charge is 0.260 e. The van der Waals surface area contributed by atoms with Crippen LogP contribution >= 0.6 is 0 Å². The Labute approximate surface area is 127 Å². The van der Waals surface area contributed by atoms with Gasteiger partial charge in [0.05, 0.1) is 0 Å². The summed E-state index contributed by atoms with van der Waals surface area (Å²) in [6.45, 7) is 6.86. The highest BCUT2D eigenvalue weighted by atomic mass is 16.5. The molecule has 2 rings (SSSR count). The molecule has 1 heterocycles. The van der Waals surface area contributed by atoms with Gasteiger partial charge in [0.25, 0.3) is 5.91 Å². The van der Waals surface area contributed by atoms with Crippen LogP contribution in [0.2, 0.25) is 0 Å². The molecular formula is C17H26N2O2. The molecule has 0 unspecified atom stereocenters. The van der Waals surface area contributed by atoms with Gasteiger partial charge in [0, 0.05) is 19.6 Å². The molecule has 1 aromatic rings. The normalized spacial score (nSPS) is 17.6. The summed E-state index contributed by atoms with van der Waals surface area (Å²) in [6, 6.07) is 7.57. The van der Waals surface area contributed by atoms with Gasteiger partial charge in [-0.15, -0.1) is 0 Å². The van der Waals surface area contributed by atoms with E-state index in [1.54, 1.807) is 0 Å². The maximum atomic E-state index is 12.2. The first-order valence-electron chi connectivity index (χ1n) is 7.76. The van der Waals surface area contributed by atoms with Gasteiger partial charge in [-0.2, -0.15) is 0 Å². The van der Waals surface area contributed by atoms with E-state index in [1.165, 1.54) is 6.42 Å². The molecule has 1 fully saturated rings. The highest BCUT2D eigenvalue weighted by molar-refractivity contribution is 5.77. The van der Waals surface area contributed by atoms with Crippen molar-refractivity contribution in [3.8, 4) is 5.75 Å². The third-order valence-electron chi connectivity index (χ3n) is 4.70. The highest BCUT2D eigenvalue weighted by Crippen LogP contribution is 2.33. The number of rotatable bonds is 5. The molecule has 2 N–H and O–H groups in total. The summed E-state index contributed by atoms with van der Waals surface area (Å²) in [5.74, 6) is 0.798. The van der Waals surface area contributed by atoms with Gasteiger partial charge in [-0.1, -0.05) is 32.4 Å². The first-order chi connectivity index (χ1) is 10.1. The summed E-state index contributed by atoms with van der Waals surface area (Å²) in [5, 5.41) is 0. The number of amides is 1. The maximum Gasteiger partial charge on any atom is 0.260 e. The number of likely N-dealkylation sites (tertiary alicyclic amines) is 1. The Bertz CT molecular complexity index is 462. The third kappa shape index (κ3) is 4.21. The molecule has 0 radical (unpaired) electrons. The van der Waals surface area contributed by atoms with Crippen LogP contribution in [0.15, 0.2) is 24.3 Å². The van der Waals surface area contributed by atoms with Crippen LogP contribution in [-0.4, -0.2) is 30.5 Å². The number of carbonyl (C=O) groups excluding carboxylic acids is 1. The van der Waals surface area contributed by atoms with Crippen LogP contribution in [0.3, 0.4) is 0 Å². The Hall–Kier alpha value is -1.55. The molecule has 1 saturated heterocycles. The van der Waals surface area contributed by atoms with E-state index >= 15 is 0 Å². The number of benzene rings is 1. The van der Waals surface area contributed by atoms with Crippen molar-refractivity contribution < 1.29 is 9.53 Å². The van der Waals surface area contributed by atoms with Gasteiger partial charge in [0.2, 0.25) is 0 Å². The van der Waals surface area contributed by atoms with Crippen molar-refractivity contribution in [3.63, 3.8) is 0 Å². The van der Waals surface area contributed by atoms with Crippen molar-refractivity contribution in [2.24, 2.45) is 11.1 Å². The average molecular weight is 290 g/mol. The standard InChI is InChI=1S/C17H26N2O2/c1-3-17(2)8-10-19(11-9-17)16(20)13-21-15-6-4-14(12-18)5-7-15/h4-7H,3,8-13,18H2,1-2H3. The van der Waals surface area contributed by atoms with Gasteiger partial charge in [0.1, 0.15) is 5.75 Å². The largest absolute Gasteiger partial charge is 0.484 e. The lowest BCUT2D eigenvalue weighted by Crippen LogP contribution is -2.43. The average Bonchev–Trinajstić information content (AvgIpc) is 2.54. The molecule has 0 saturated carbocycles. The van der Waals surface area contributed by atoms with Crippen molar-refractivity contribution in [1.82, 2.24) is 4.90 Å². The molecule has 0 atom stereocenters. The second-order valence-electron chi connectivity index (χ2n) is 6.18. The fourth-order valence-electron chi connectivity index (χ4n) is 2.61. The van der Waals surface area contributed by atoms with Crippen LogP contribution in [0.1, 0.15) is 38.7 Å². The molecule has 4 heteroatoms. The zero-order chi connectivity index (χ0) is 15.3. The number of nitrogens with zero attached hydrogens (tertiary/aromatic N) is 1. The van der Waals surface area contributed by atoms with Crippen molar-refractivity contribution in [3.05, 3.63) is 29.8 Å². The third-order valence-corrected chi connectivity index (χ3v) is 4.70. The SMILES string of the molecule is CCC1(C)CCN(C(=O)COc2ccc(CN)cc2)CC1. The molecule has 0 aromatic heterocycles. The van der Waals surface area contributed by atoms with Crippen LogP contribution < -0.4 is 10.5 Å². The molecule has 0 spiro atoms. The monoisotopic (exact) mass is 290 g/mol. The number of hydrogen-bond acceptors (Lipinski definition) is 3. The highest BCUT2D eigenvalue weighted by Gasteiger charge is 2.30. The Morgan fingerprint density at radius 2 is 1.90 bits per heavy atom. The van der Waals surface area contributed by atoms with Crippen molar-refractivity contribution in [2.45, 2.75) is 39.7 Å². The molecule has 116 valence electrons. The molecule has 1 amide bonds. The van der Waals surface area contributed by atoms with Gasteiger partial charge < -0.3 is 15.4 Å². The first-order valence-corrected chi connectivity index (χ1v) is 7.76. The van der Waals surface area contributed by atoms with Crippen molar-refractivity contribution in [1.29, 1.82) is 0 Å². The summed E-state index contributed by atoms with van der Waals surface area (Å²) >= 11 is 0. The Balaban J connectivity index is 1.79. The number of carbonyl (C=O) groups is 1. The second kappa shape index (κ2) is 6.94. The van der Waals surface area contributed by atoms with Crippen LogP contribution in [-0.2, 0) is 11.3 Å². The quantitative estimate of drug-likeness (QED) is 0.906. The van der Waals surface area contributed by atoms with E-state index in [0.717, 1.165) is 37.2 Å². The van der Waals surface area contributed by atoms with E-state index in [1.807, 2.05) is 29.2 Å². The van der Waals surface area contributed by atoms with Gasteiger partial charge in [0.15, 0.2) is 6.61 Å². The minimum atomic E-state index is 0.0797. The minimum absolute atomic E-state index is 0.0797. The van der Waals surface area contributed by atoms with Crippen LogP contribution in [0.25, 0.3) is 0 Å². The topological polar surface area (TPSA) is 55.6 Å². The van der Waals surface area contributed by atoms with Crippen molar-refractivity contribution >= 4 is 5.91 Å². The molecule has 0 bridgehead atoms. The Kier molecular flexibility index (Phi) is 5.23. The fraction of sp³-hybridized carbons (Fsp3) is 0.588. The fourth-order valence-corrected chi connectivity index (χ4v) is 2.61.